The van der Waals surface area contributed by atoms with E-state index in [0.717, 1.165) is 44.2 Å². The molecule has 0 bridgehead atoms. The molecule has 1 aliphatic heterocycles. The average molecular weight is 264 g/mol. The van der Waals surface area contributed by atoms with Crippen LogP contribution in [0.2, 0.25) is 0 Å². The van der Waals surface area contributed by atoms with Crippen molar-refractivity contribution in [2.24, 2.45) is 0 Å². The number of nitrogens with one attached hydrogen (secondary N) is 1. The van der Waals surface area contributed by atoms with Crippen LogP contribution < -0.4 is 10.2 Å². The predicted molar refractivity (Wildman–Crippen MR) is 76.3 cm³/mol. The second kappa shape index (κ2) is 7.40. The molecule has 1 unspecified atom stereocenters. The number of aromatic nitrogens is 2. The number of likely N-dealkylation sites (N-methyl/N-ethyl adjacent to an activating group) is 1. The van der Waals surface area contributed by atoms with Crippen molar-refractivity contribution in [1.29, 1.82) is 0 Å². The van der Waals surface area contributed by atoms with Crippen LogP contribution in [0, 0.1) is 0 Å². The van der Waals surface area contributed by atoms with Gasteiger partial charge in [-0.15, -0.1) is 0 Å². The van der Waals surface area contributed by atoms with Crippen LogP contribution in [-0.2, 0) is 11.3 Å². The lowest BCUT2D eigenvalue weighted by Crippen LogP contribution is -2.34. The normalized spacial score (nSPS) is 19.4. The topological polar surface area (TPSA) is 50.3 Å². The Morgan fingerprint density at radius 1 is 1.42 bits per heavy atom. The maximum Gasteiger partial charge on any atom is 0.147 e. The first-order valence-corrected chi connectivity index (χ1v) is 7.14. The van der Waals surface area contributed by atoms with Crippen molar-refractivity contribution in [1.82, 2.24) is 15.3 Å². The first kappa shape index (κ1) is 14.2. The summed E-state index contributed by atoms with van der Waals surface area (Å²) in [5.74, 6) is 0.921. The van der Waals surface area contributed by atoms with Crippen LogP contribution in [0.5, 0.6) is 0 Å². The van der Waals surface area contributed by atoms with E-state index in [0.29, 0.717) is 6.10 Å². The third-order valence-electron chi connectivity index (χ3n) is 3.37. The number of ether oxygens (including phenoxy) is 1. The zero-order chi connectivity index (χ0) is 13.5. The summed E-state index contributed by atoms with van der Waals surface area (Å²) in [5, 5.41) is 3.27. The van der Waals surface area contributed by atoms with Crippen molar-refractivity contribution >= 4 is 5.82 Å². The first-order chi connectivity index (χ1) is 9.29. The van der Waals surface area contributed by atoms with Crippen LogP contribution >= 0.6 is 0 Å². The van der Waals surface area contributed by atoms with Crippen LogP contribution in [-0.4, -0.2) is 42.8 Å². The zero-order valence-electron chi connectivity index (χ0n) is 11.9. The van der Waals surface area contributed by atoms with Gasteiger partial charge in [0.05, 0.1) is 18.0 Å². The molecule has 1 aromatic heterocycles. The van der Waals surface area contributed by atoms with Crippen LogP contribution in [0.4, 0.5) is 5.82 Å². The van der Waals surface area contributed by atoms with Gasteiger partial charge in [-0.3, -0.25) is 4.98 Å². The van der Waals surface area contributed by atoms with Gasteiger partial charge >= 0.3 is 0 Å². The Kier molecular flexibility index (Phi) is 5.54. The summed E-state index contributed by atoms with van der Waals surface area (Å²) in [6.07, 6.45) is 7.57. The summed E-state index contributed by atoms with van der Waals surface area (Å²) in [4.78, 5) is 11.0. The fraction of sp³-hybridized carbons (Fsp3) is 0.714. The summed E-state index contributed by atoms with van der Waals surface area (Å²) in [6, 6.07) is 0. The van der Waals surface area contributed by atoms with Crippen molar-refractivity contribution in [2.45, 2.75) is 38.8 Å². The van der Waals surface area contributed by atoms with Crippen molar-refractivity contribution in [3.63, 3.8) is 0 Å². The minimum Gasteiger partial charge on any atom is -0.376 e. The van der Waals surface area contributed by atoms with Gasteiger partial charge in [0.1, 0.15) is 5.82 Å². The molecule has 1 N–H and O–H groups in total. The third kappa shape index (κ3) is 4.44. The van der Waals surface area contributed by atoms with E-state index in [-0.39, 0.29) is 0 Å². The molecular formula is C14H24N4O. The van der Waals surface area contributed by atoms with Gasteiger partial charge in [0.25, 0.3) is 0 Å². The molecule has 1 aromatic rings. The van der Waals surface area contributed by atoms with Gasteiger partial charge < -0.3 is 15.0 Å². The van der Waals surface area contributed by atoms with Gasteiger partial charge in [-0.25, -0.2) is 4.98 Å². The molecule has 1 atom stereocenters. The quantitative estimate of drug-likeness (QED) is 0.845. The molecular weight excluding hydrogens is 240 g/mol. The number of hydrogen-bond donors (Lipinski definition) is 1. The number of nitrogens with zero attached hydrogens (tertiary/aromatic N) is 3. The van der Waals surface area contributed by atoms with E-state index in [1.54, 1.807) is 0 Å². The van der Waals surface area contributed by atoms with Gasteiger partial charge in [0, 0.05) is 32.9 Å². The summed E-state index contributed by atoms with van der Waals surface area (Å²) < 4.78 is 5.76. The highest BCUT2D eigenvalue weighted by molar-refractivity contribution is 5.35. The van der Waals surface area contributed by atoms with E-state index in [1.807, 2.05) is 12.4 Å². The molecule has 0 amide bonds. The molecule has 5 nitrogen and oxygen atoms in total. The fourth-order valence-corrected chi connectivity index (χ4v) is 2.27. The number of hydrogen-bond acceptors (Lipinski definition) is 5. The smallest absolute Gasteiger partial charge is 0.147 e. The van der Waals surface area contributed by atoms with Crippen LogP contribution in [0.15, 0.2) is 12.4 Å². The monoisotopic (exact) mass is 264 g/mol. The lowest BCUT2D eigenvalue weighted by molar-refractivity contribution is 0.0215. The average Bonchev–Trinajstić information content (AvgIpc) is 2.46. The lowest BCUT2D eigenvalue weighted by Gasteiger charge is -2.28. The van der Waals surface area contributed by atoms with Gasteiger partial charge in [-0.2, -0.15) is 0 Å². The minimum absolute atomic E-state index is 0.331. The summed E-state index contributed by atoms with van der Waals surface area (Å²) >= 11 is 0. The fourth-order valence-electron chi connectivity index (χ4n) is 2.27. The van der Waals surface area contributed by atoms with E-state index in [9.17, 15) is 0 Å². The van der Waals surface area contributed by atoms with Gasteiger partial charge in [0.2, 0.25) is 0 Å². The molecule has 1 fully saturated rings. The maximum absolute atomic E-state index is 5.76. The second-order valence-corrected chi connectivity index (χ2v) is 5.02. The second-order valence-electron chi connectivity index (χ2n) is 5.02. The molecule has 0 spiro atoms. The Balaban J connectivity index is 1.91. The highest BCUT2D eigenvalue weighted by Gasteiger charge is 2.16. The van der Waals surface area contributed by atoms with Crippen LogP contribution in [0.25, 0.3) is 0 Å². The summed E-state index contributed by atoms with van der Waals surface area (Å²) in [5.41, 5.74) is 0.982. The summed E-state index contributed by atoms with van der Waals surface area (Å²) in [6.45, 7) is 5.58. The SMILES string of the molecule is CCNCc1cncc(N(C)CC2CCCCO2)n1. The van der Waals surface area contributed by atoms with E-state index in [2.05, 4.69) is 34.2 Å². The standard InChI is InChI=1S/C14H24N4O/c1-3-15-8-12-9-16-10-14(17-12)18(2)11-13-6-4-5-7-19-13/h9-10,13,15H,3-8,11H2,1-2H3. The Morgan fingerprint density at radius 3 is 3.05 bits per heavy atom. The van der Waals surface area contributed by atoms with E-state index in [4.69, 9.17) is 4.74 Å². The summed E-state index contributed by atoms with van der Waals surface area (Å²) in [7, 11) is 2.05. The van der Waals surface area contributed by atoms with Crippen molar-refractivity contribution < 1.29 is 4.74 Å². The Morgan fingerprint density at radius 2 is 2.32 bits per heavy atom. The predicted octanol–water partition coefficient (Wildman–Crippen LogP) is 1.59. The molecule has 1 aliphatic rings. The Hall–Kier alpha value is -1.20. The van der Waals surface area contributed by atoms with Gasteiger partial charge in [0.15, 0.2) is 0 Å². The molecule has 2 heterocycles. The molecule has 0 saturated carbocycles. The lowest BCUT2D eigenvalue weighted by atomic mass is 10.1. The molecule has 5 heteroatoms. The van der Waals surface area contributed by atoms with Crippen LogP contribution in [0.3, 0.4) is 0 Å². The van der Waals surface area contributed by atoms with Gasteiger partial charge in [-0.05, 0) is 25.8 Å². The molecule has 0 radical (unpaired) electrons. The highest BCUT2D eigenvalue weighted by atomic mass is 16.5. The minimum atomic E-state index is 0.331. The number of rotatable bonds is 6. The van der Waals surface area contributed by atoms with E-state index >= 15 is 0 Å². The molecule has 2 rings (SSSR count). The van der Waals surface area contributed by atoms with Crippen molar-refractivity contribution in [2.75, 3.05) is 31.6 Å². The van der Waals surface area contributed by atoms with Crippen molar-refractivity contribution in [3.05, 3.63) is 18.1 Å². The van der Waals surface area contributed by atoms with Crippen molar-refractivity contribution in [3.8, 4) is 0 Å². The third-order valence-corrected chi connectivity index (χ3v) is 3.37. The highest BCUT2D eigenvalue weighted by Crippen LogP contribution is 2.16. The first-order valence-electron chi connectivity index (χ1n) is 7.14. The largest absolute Gasteiger partial charge is 0.376 e. The Labute approximate surface area is 115 Å². The molecule has 106 valence electrons. The maximum atomic E-state index is 5.76. The van der Waals surface area contributed by atoms with Gasteiger partial charge in [-0.1, -0.05) is 6.92 Å². The number of anilines is 1. The molecule has 0 aliphatic carbocycles. The molecule has 19 heavy (non-hydrogen) atoms. The molecule has 0 aromatic carbocycles. The van der Waals surface area contributed by atoms with E-state index < -0.39 is 0 Å². The van der Waals surface area contributed by atoms with Crippen LogP contribution in [0.1, 0.15) is 31.9 Å². The molecule has 1 saturated heterocycles. The van der Waals surface area contributed by atoms with E-state index in [1.165, 1.54) is 12.8 Å². The zero-order valence-corrected chi connectivity index (χ0v) is 11.9. The Bertz CT molecular complexity index is 379.